The molecular weight excluding hydrogens is 252 g/mol. The van der Waals surface area contributed by atoms with Gasteiger partial charge in [0.05, 0.1) is 6.04 Å². The van der Waals surface area contributed by atoms with Crippen LogP contribution in [0.15, 0.2) is 0 Å². The van der Waals surface area contributed by atoms with E-state index in [0.29, 0.717) is 13.0 Å². The Morgan fingerprint density at radius 1 is 1.37 bits per heavy atom. The molecule has 8 nitrogen and oxygen atoms in total. The van der Waals surface area contributed by atoms with Gasteiger partial charge in [-0.3, -0.25) is 25.6 Å². The van der Waals surface area contributed by atoms with Crippen molar-refractivity contribution in [1.82, 2.24) is 20.8 Å². The second-order valence-corrected chi connectivity index (χ2v) is 5.55. The molecule has 0 unspecified atom stereocenters. The molecule has 2 atom stereocenters. The van der Waals surface area contributed by atoms with Gasteiger partial charge in [0.25, 0.3) is 5.91 Å². The zero-order valence-electron chi connectivity index (χ0n) is 10.5. The molecule has 1 aliphatic carbocycles. The molecule has 2 heterocycles. The minimum atomic E-state index is -0.629. The van der Waals surface area contributed by atoms with E-state index in [2.05, 4.69) is 10.9 Å². The number of hydrazine groups is 1. The molecule has 2 aliphatic heterocycles. The number of hydrogen-bond acceptors (Lipinski definition) is 4. The lowest BCUT2D eigenvalue weighted by atomic mass is 9.85. The monoisotopic (exact) mass is 268 g/mol. The summed E-state index contributed by atoms with van der Waals surface area (Å²) in [6.45, 7) is 1.66. The van der Waals surface area contributed by atoms with Crippen LogP contribution in [0.5, 0.6) is 0 Å². The Kier molecular flexibility index (Phi) is 2.46. The summed E-state index contributed by atoms with van der Waals surface area (Å²) in [5.41, 5.74) is 4.40. The van der Waals surface area contributed by atoms with Crippen molar-refractivity contribution in [3.8, 4) is 0 Å². The third-order valence-corrected chi connectivity index (χ3v) is 4.35. The highest BCUT2D eigenvalue weighted by atomic mass is 16.5. The number of carbonyl (C=O) groups excluding carboxylic acids is 3. The van der Waals surface area contributed by atoms with E-state index in [1.807, 2.05) is 0 Å². The molecular formula is C11H16N4O4. The number of hydrogen-bond donors (Lipinski definition) is 3. The molecule has 0 radical (unpaired) electrons. The molecule has 104 valence electrons. The number of carbonyl (C=O) groups is 3. The fourth-order valence-electron chi connectivity index (χ4n) is 3.12. The lowest BCUT2D eigenvalue weighted by Crippen LogP contribution is -2.55. The van der Waals surface area contributed by atoms with E-state index in [-0.39, 0.29) is 17.4 Å². The van der Waals surface area contributed by atoms with Crippen LogP contribution < -0.4 is 10.9 Å². The third kappa shape index (κ3) is 1.74. The van der Waals surface area contributed by atoms with Gasteiger partial charge in [0.1, 0.15) is 6.04 Å². The van der Waals surface area contributed by atoms with Crippen molar-refractivity contribution >= 4 is 17.8 Å². The molecule has 19 heavy (non-hydrogen) atoms. The Labute approximate surface area is 109 Å². The lowest BCUT2D eigenvalue weighted by Gasteiger charge is -2.35. The van der Waals surface area contributed by atoms with E-state index < -0.39 is 18.0 Å². The van der Waals surface area contributed by atoms with Crippen LogP contribution in [0.25, 0.3) is 0 Å². The summed E-state index contributed by atoms with van der Waals surface area (Å²) < 4.78 is 0. The highest BCUT2D eigenvalue weighted by molar-refractivity contribution is 5.90. The molecule has 3 aliphatic rings. The van der Waals surface area contributed by atoms with Crippen molar-refractivity contribution in [3.63, 3.8) is 0 Å². The van der Waals surface area contributed by atoms with Gasteiger partial charge in [-0.05, 0) is 24.7 Å². The van der Waals surface area contributed by atoms with Gasteiger partial charge in [-0.15, -0.1) is 0 Å². The van der Waals surface area contributed by atoms with Crippen molar-refractivity contribution < 1.29 is 19.6 Å². The predicted octanol–water partition coefficient (Wildman–Crippen LogP) is -0.798. The Morgan fingerprint density at radius 3 is 2.63 bits per heavy atom. The first-order valence-electron chi connectivity index (χ1n) is 6.30. The summed E-state index contributed by atoms with van der Waals surface area (Å²) in [6, 6.07) is -1.36. The first kappa shape index (κ1) is 12.2. The number of fused-ring (bicyclic) bond motifs is 3. The van der Waals surface area contributed by atoms with E-state index in [1.54, 1.807) is 0 Å². The maximum absolute atomic E-state index is 12.0. The number of urea groups is 1. The van der Waals surface area contributed by atoms with Crippen molar-refractivity contribution in [1.29, 1.82) is 0 Å². The molecule has 3 N–H and O–H groups in total. The molecule has 0 aromatic rings. The average molecular weight is 268 g/mol. The highest BCUT2D eigenvalue weighted by Crippen LogP contribution is 2.58. The molecule has 4 amide bonds. The fraction of sp³-hybridized carbons (Fsp3) is 0.727. The minimum Gasteiger partial charge on any atom is -0.309 e. The molecule has 8 heteroatoms. The van der Waals surface area contributed by atoms with E-state index in [4.69, 9.17) is 0 Å². The summed E-state index contributed by atoms with van der Waals surface area (Å²) in [5.74, 6) is -0.789. The summed E-state index contributed by atoms with van der Waals surface area (Å²) >= 11 is 0. The molecule has 0 aromatic heterocycles. The topological polar surface area (TPSA) is 102 Å². The normalized spacial score (nSPS) is 30.5. The van der Waals surface area contributed by atoms with Crippen LogP contribution in [0, 0.1) is 5.41 Å². The van der Waals surface area contributed by atoms with Gasteiger partial charge in [-0.2, -0.15) is 0 Å². The van der Waals surface area contributed by atoms with Gasteiger partial charge in [0, 0.05) is 13.5 Å². The van der Waals surface area contributed by atoms with Crippen molar-refractivity contribution in [2.45, 2.75) is 38.3 Å². The molecule has 3 rings (SSSR count). The number of hydroxylamine groups is 2. The molecule has 3 fully saturated rings. The molecule has 0 aromatic carbocycles. The Balaban J connectivity index is 1.77. The zero-order chi connectivity index (χ0) is 13.8. The quantitative estimate of drug-likeness (QED) is 0.428. The average Bonchev–Trinajstić information content (AvgIpc) is 3.09. The van der Waals surface area contributed by atoms with Crippen LogP contribution in [0.1, 0.15) is 26.2 Å². The van der Waals surface area contributed by atoms with Crippen molar-refractivity contribution in [2.24, 2.45) is 5.41 Å². The number of piperidine rings is 1. The second kappa shape index (κ2) is 3.83. The van der Waals surface area contributed by atoms with E-state index in [0.717, 1.165) is 17.9 Å². The highest BCUT2D eigenvalue weighted by Gasteiger charge is 2.63. The van der Waals surface area contributed by atoms with Crippen LogP contribution in [-0.2, 0) is 9.59 Å². The SMILES string of the molecule is CC(=O)NNC(=O)[C@@H]1CC2(CC2)[C@H]2CN1C(=O)N2O. The van der Waals surface area contributed by atoms with E-state index in [1.165, 1.54) is 11.8 Å². The smallest absolute Gasteiger partial charge is 0.309 e. The molecule has 1 saturated carbocycles. The Bertz CT molecular complexity index is 462. The number of amides is 4. The number of nitrogens with one attached hydrogen (secondary N) is 2. The lowest BCUT2D eigenvalue weighted by molar-refractivity contribution is -0.132. The van der Waals surface area contributed by atoms with Crippen LogP contribution in [-0.4, -0.2) is 51.6 Å². The Morgan fingerprint density at radius 2 is 2.05 bits per heavy atom. The van der Waals surface area contributed by atoms with Crippen LogP contribution in [0.4, 0.5) is 4.79 Å². The third-order valence-electron chi connectivity index (χ3n) is 4.35. The number of nitrogens with zero attached hydrogens (tertiary/aromatic N) is 2. The summed E-state index contributed by atoms with van der Waals surface area (Å²) in [4.78, 5) is 36.1. The maximum Gasteiger partial charge on any atom is 0.344 e. The van der Waals surface area contributed by atoms with Crippen LogP contribution in [0.3, 0.4) is 0 Å². The maximum atomic E-state index is 12.0. The standard InChI is InChI=1S/C11H16N4O4/c1-6(16)12-13-9(17)7-4-11(2-3-11)8-5-14(7)10(18)15(8)19/h7-8,19H,2-5H2,1H3,(H,12,16)(H,13,17)/t7-,8+/m0/s1. The molecule has 1 spiro atoms. The van der Waals surface area contributed by atoms with Gasteiger partial charge in [0.2, 0.25) is 5.91 Å². The largest absolute Gasteiger partial charge is 0.344 e. The van der Waals surface area contributed by atoms with E-state index in [9.17, 15) is 19.6 Å². The molecule has 2 saturated heterocycles. The van der Waals surface area contributed by atoms with Crippen LogP contribution in [0.2, 0.25) is 0 Å². The molecule has 2 bridgehead atoms. The van der Waals surface area contributed by atoms with Gasteiger partial charge >= 0.3 is 6.03 Å². The van der Waals surface area contributed by atoms with Crippen LogP contribution >= 0.6 is 0 Å². The van der Waals surface area contributed by atoms with Crippen molar-refractivity contribution in [2.75, 3.05) is 6.54 Å². The predicted molar refractivity (Wildman–Crippen MR) is 61.5 cm³/mol. The first-order chi connectivity index (χ1) is 8.94. The van der Waals surface area contributed by atoms with Gasteiger partial charge in [0.15, 0.2) is 0 Å². The van der Waals surface area contributed by atoms with Crippen molar-refractivity contribution in [3.05, 3.63) is 0 Å². The second-order valence-electron chi connectivity index (χ2n) is 5.55. The van der Waals surface area contributed by atoms with Gasteiger partial charge < -0.3 is 4.90 Å². The minimum absolute atomic E-state index is 0.129. The van der Waals surface area contributed by atoms with E-state index >= 15 is 0 Å². The summed E-state index contributed by atoms with van der Waals surface area (Å²) in [6.07, 6.45) is 2.37. The summed E-state index contributed by atoms with van der Waals surface area (Å²) in [5, 5.41) is 10.6. The fourth-order valence-corrected chi connectivity index (χ4v) is 3.12. The summed E-state index contributed by atoms with van der Waals surface area (Å²) in [7, 11) is 0. The zero-order valence-corrected chi connectivity index (χ0v) is 10.5. The number of rotatable bonds is 1. The van der Waals surface area contributed by atoms with Gasteiger partial charge in [-0.1, -0.05) is 0 Å². The first-order valence-corrected chi connectivity index (χ1v) is 6.30. The van der Waals surface area contributed by atoms with Gasteiger partial charge in [-0.25, -0.2) is 9.86 Å². The Hall–Kier alpha value is -1.83.